The van der Waals surface area contributed by atoms with E-state index >= 15 is 0 Å². The number of non-ortho nitro benzene ring substituents is 1. The number of nitrogens with zero attached hydrogens (tertiary/aromatic N) is 4. The average Bonchev–Trinajstić information content (AvgIpc) is 2.87. The van der Waals surface area contributed by atoms with Crippen LogP contribution in [0.4, 0.5) is 10.1 Å². The molecule has 0 saturated heterocycles. The van der Waals surface area contributed by atoms with E-state index in [9.17, 15) is 14.5 Å². The Morgan fingerprint density at radius 1 is 1.58 bits per heavy atom. The summed E-state index contributed by atoms with van der Waals surface area (Å²) in [5, 5.41) is 18.4. The number of nitro groups is 1. The standard InChI is InChI=1S/C11H10BrFN4O2/c1-2-8(12)10-6-16(15-14-10)11-5-7(17(18)19)3-4-9(11)13/h3-6,8H,2H2,1H3. The highest BCUT2D eigenvalue weighted by atomic mass is 79.9. The summed E-state index contributed by atoms with van der Waals surface area (Å²) in [7, 11) is 0. The summed E-state index contributed by atoms with van der Waals surface area (Å²) >= 11 is 3.41. The topological polar surface area (TPSA) is 73.8 Å². The fourth-order valence-electron chi connectivity index (χ4n) is 1.54. The third kappa shape index (κ3) is 2.78. The van der Waals surface area contributed by atoms with Crippen LogP contribution in [0.25, 0.3) is 5.69 Å². The first-order chi connectivity index (χ1) is 9.02. The van der Waals surface area contributed by atoms with Crippen molar-refractivity contribution in [2.45, 2.75) is 18.2 Å². The van der Waals surface area contributed by atoms with Crippen LogP contribution in [0.3, 0.4) is 0 Å². The van der Waals surface area contributed by atoms with Crippen molar-refractivity contribution in [3.63, 3.8) is 0 Å². The van der Waals surface area contributed by atoms with Gasteiger partial charge < -0.3 is 0 Å². The molecular formula is C11H10BrFN4O2. The normalized spacial score (nSPS) is 12.4. The Labute approximate surface area is 116 Å². The molecule has 1 aromatic carbocycles. The summed E-state index contributed by atoms with van der Waals surface area (Å²) < 4.78 is 14.9. The lowest BCUT2D eigenvalue weighted by molar-refractivity contribution is -0.384. The fraction of sp³-hybridized carbons (Fsp3) is 0.273. The molecule has 2 aromatic rings. The van der Waals surface area contributed by atoms with Crippen LogP contribution in [0.1, 0.15) is 23.9 Å². The number of alkyl halides is 1. The number of rotatable bonds is 4. The molecular weight excluding hydrogens is 319 g/mol. The highest BCUT2D eigenvalue weighted by Crippen LogP contribution is 2.25. The van der Waals surface area contributed by atoms with Crippen molar-refractivity contribution in [2.75, 3.05) is 0 Å². The molecule has 1 atom stereocenters. The van der Waals surface area contributed by atoms with Gasteiger partial charge in [0, 0.05) is 12.1 Å². The average molecular weight is 329 g/mol. The summed E-state index contributed by atoms with van der Waals surface area (Å²) in [6.45, 7) is 1.96. The van der Waals surface area contributed by atoms with Crippen LogP contribution in [-0.2, 0) is 0 Å². The monoisotopic (exact) mass is 328 g/mol. The Morgan fingerprint density at radius 3 is 2.95 bits per heavy atom. The largest absolute Gasteiger partial charge is 0.271 e. The summed E-state index contributed by atoms with van der Waals surface area (Å²) in [6.07, 6.45) is 2.35. The van der Waals surface area contributed by atoms with E-state index < -0.39 is 10.7 Å². The van der Waals surface area contributed by atoms with E-state index in [4.69, 9.17) is 0 Å². The van der Waals surface area contributed by atoms with Gasteiger partial charge in [-0.1, -0.05) is 28.1 Å². The van der Waals surface area contributed by atoms with Gasteiger partial charge in [0.25, 0.3) is 5.69 Å². The van der Waals surface area contributed by atoms with Gasteiger partial charge in [0.2, 0.25) is 0 Å². The highest BCUT2D eigenvalue weighted by Gasteiger charge is 2.15. The number of aromatic nitrogens is 3. The molecule has 1 heterocycles. The van der Waals surface area contributed by atoms with Crippen molar-refractivity contribution in [3.8, 4) is 5.69 Å². The van der Waals surface area contributed by atoms with Crippen molar-refractivity contribution in [3.05, 3.63) is 46.0 Å². The molecule has 6 nitrogen and oxygen atoms in total. The summed E-state index contributed by atoms with van der Waals surface area (Å²) in [6, 6.07) is 3.28. The molecule has 1 unspecified atom stereocenters. The van der Waals surface area contributed by atoms with Crippen LogP contribution in [0.2, 0.25) is 0 Å². The second-order valence-corrected chi connectivity index (χ2v) is 4.96. The molecule has 1 aromatic heterocycles. The Kier molecular flexibility index (Phi) is 3.89. The van der Waals surface area contributed by atoms with Gasteiger partial charge in [0.05, 0.1) is 21.6 Å². The quantitative estimate of drug-likeness (QED) is 0.491. The van der Waals surface area contributed by atoms with E-state index in [0.29, 0.717) is 5.69 Å². The zero-order valence-corrected chi connectivity index (χ0v) is 11.5. The SMILES string of the molecule is CCC(Br)c1cn(-c2cc([N+](=O)[O-])ccc2F)nn1. The molecule has 0 aliphatic carbocycles. The summed E-state index contributed by atoms with van der Waals surface area (Å²) in [4.78, 5) is 10.1. The van der Waals surface area contributed by atoms with Crippen molar-refractivity contribution in [2.24, 2.45) is 0 Å². The number of nitro benzene ring substituents is 1. The second-order valence-electron chi connectivity index (χ2n) is 3.86. The van der Waals surface area contributed by atoms with E-state index in [0.717, 1.165) is 24.6 Å². The van der Waals surface area contributed by atoms with Gasteiger partial charge in [-0.05, 0) is 12.5 Å². The van der Waals surface area contributed by atoms with Crippen molar-refractivity contribution in [1.82, 2.24) is 15.0 Å². The molecule has 100 valence electrons. The highest BCUT2D eigenvalue weighted by molar-refractivity contribution is 9.09. The van der Waals surface area contributed by atoms with Gasteiger partial charge in [-0.25, -0.2) is 9.07 Å². The summed E-state index contributed by atoms with van der Waals surface area (Å²) in [5.74, 6) is -0.593. The van der Waals surface area contributed by atoms with E-state index in [1.54, 1.807) is 6.20 Å². The van der Waals surface area contributed by atoms with E-state index in [1.807, 2.05) is 6.92 Å². The first-order valence-electron chi connectivity index (χ1n) is 5.53. The molecule has 0 spiro atoms. The lowest BCUT2D eigenvalue weighted by atomic mass is 10.2. The lowest BCUT2D eigenvalue weighted by Crippen LogP contribution is -2.00. The third-order valence-electron chi connectivity index (χ3n) is 2.58. The number of hydrogen-bond donors (Lipinski definition) is 0. The van der Waals surface area contributed by atoms with Crippen molar-refractivity contribution < 1.29 is 9.31 Å². The van der Waals surface area contributed by atoms with Gasteiger partial charge >= 0.3 is 0 Å². The van der Waals surface area contributed by atoms with Gasteiger partial charge in [0.15, 0.2) is 0 Å². The fourth-order valence-corrected chi connectivity index (χ4v) is 1.75. The molecule has 0 bridgehead atoms. The lowest BCUT2D eigenvalue weighted by Gasteiger charge is -2.02. The number of halogens is 2. The Morgan fingerprint density at radius 2 is 2.32 bits per heavy atom. The van der Waals surface area contributed by atoms with E-state index in [-0.39, 0.29) is 16.2 Å². The van der Waals surface area contributed by atoms with Gasteiger partial charge in [-0.15, -0.1) is 5.10 Å². The van der Waals surface area contributed by atoms with Crippen LogP contribution in [0.5, 0.6) is 0 Å². The van der Waals surface area contributed by atoms with Crippen molar-refractivity contribution in [1.29, 1.82) is 0 Å². The minimum atomic E-state index is -0.593. The maximum Gasteiger partial charge on any atom is 0.271 e. The second kappa shape index (κ2) is 5.43. The summed E-state index contributed by atoms with van der Waals surface area (Å²) in [5.41, 5.74) is 0.455. The minimum Gasteiger partial charge on any atom is -0.258 e. The maximum absolute atomic E-state index is 13.7. The van der Waals surface area contributed by atoms with Gasteiger partial charge in [0.1, 0.15) is 11.5 Å². The first-order valence-corrected chi connectivity index (χ1v) is 6.45. The molecule has 0 aliphatic heterocycles. The van der Waals surface area contributed by atoms with Gasteiger partial charge in [-0.3, -0.25) is 10.1 Å². The van der Waals surface area contributed by atoms with E-state index in [1.165, 1.54) is 4.68 Å². The molecule has 0 N–H and O–H groups in total. The van der Waals surface area contributed by atoms with Crippen LogP contribution in [0.15, 0.2) is 24.4 Å². The third-order valence-corrected chi connectivity index (χ3v) is 3.69. The van der Waals surface area contributed by atoms with E-state index in [2.05, 4.69) is 26.2 Å². The smallest absolute Gasteiger partial charge is 0.258 e. The molecule has 0 fully saturated rings. The molecule has 0 aliphatic rings. The van der Waals surface area contributed by atoms with Crippen LogP contribution in [0, 0.1) is 15.9 Å². The van der Waals surface area contributed by atoms with Crippen LogP contribution < -0.4 is 0 Å². The number of benzene rings is 1. The Balaban J connectivity index is 2.43. The first kappa shape index (κ1) is 13.6. The molecule has 2 rings (SSSR count). The van der Waals surface area contributed by atoms with Crippen LogP contribution >= 0.6 is 15.9 Å². The Hall–Kier alpha value is -1.83. The van der Waals surface area contributed by atoms with Crippen molar-refractivity contribution >= 4 is 21.6 Å². The molecule has 0 saturated carbocycles. The zero-order chi connectivity index (χ0) is 14.0. The molecule has 8 heteroatoms. The Bertz CT molecular complexity index is 616. The molecule has 19 heavy (non-hydrogen) atoms. The molecule has 0 amide bonds. The maximum atomic E-state index is 13.7. The predicted molar refractivity (Wildman–Crippen MR) is 69.9 cm³/mol. The zero-order valence-electron chi connectivity index (χ0n) is 9.96. The molecule has 0 radical (unpaired) electrons. The van der Waals surface area contributed by atoms with Gasteiger partial charge in [-0.2, -0.15) is 0 Å². The predicted octanol–water partition coefficient (Wildman–Crippen LogP) is 3.16. The minimum absolute atomic E-state index is 0.00348. The number of hydrogen-bond acceptors (Lipinski definition) is 4. The van der Waals surface area contributed by atoms with Crippen LogP contribution in [-0.4, -0.2) is 19.9 Å².